The van der Waals surface area contributed by atoms with Crippen molar-refractivity contribution in [3.8, 4) is 17.0 Å². The van der Waals surface area contributed by atoms with Crippen LogP contribution in [0.5, 0.6) is 5.75 Å². The number of hydrogen-bond acceptors (Lipinski definition) is 6. The largest absolute Gasteiger partial charge is 0.490 e. The smallest absolute Gasteiger partial charge is 0.257 e. The van der Waals surface area contributed by atoms with Gasteiger partial charge in [-0.25, -0.2) is 0 Å². The Kier molecular flexibility index (Phi) is 8.29. The molecule has 1 aliphatic heterocycles. The highest BCUT2D eigenvalue weighted by Crippen LogP contribution is 2.40. The van der Waals surface area contributed by atoms with Crippen LogP contribution in [-0.2, 0) is 16.1 Å². The number of nitrogens with zero attached hydrogens (tertiary/aromatic N) is 3. The maximum absolute atomic E-state index is 14.0. The van der Waals surface area contributed by atoms with E-state index >= 15 is 0 Å². The van der Waals surface area contributed by atoms with E-state index in [0.717, 1.165) is 80.4 Å². The minimum atomic E-state index is -1.35. The van der Waals surface area contributed by atoms with Gasteiger partial charge in [0.05, 0.1) is 17.9 Å². The van der Waals surface area contributed by atoms with Crippen molar-refractivity contribution in [3.05, 3.63) is 48.7 Å². The lowest BCUT2D eigenvalue weighted by Gasteiger charge is -2.49. The van der Waals surface area contributed by atoms with E-state index in [0.29, 0.717) is 6.61 Å². The molecular formula is C30H41N5O3. The number of rotatable bonds is 8. The zero-order valence-electron chi connectivity index (χ0n) is 22.3. The van der Waals surface area contributed by atoms with E-state index < -0.39 is 11.7 Å². The molecule has 2 saturated carbocycles. The lowest BCUT2D eigenvalue weighted by atomic mass is 9.93. The van der Waals surface area contributed by atoms with Gasteiger partial charge in [-0.3, -0.25) is 14.4 Å². The topological polar surface area (TPSA) is 102 Å². The molecule has 204 valence electrons. The fourth-order valence-corrected chi connectivity index (χ4v) is 6.49. The Bertz CT molecular complexity index is 1120. The van der Waals surface area contributed by atoms with Crippen LogP contribution in [0.4, 0.5) is 0 Å². The summed E-state index contributed by atoms with van der Waals surface area (Å²) < 4.78 is 7.38. The number of carbonyl (C=O) groups excluding carboxylic acids is 2. The summed E-state index contributed by atoms with van der Waals surface area (Å²) in [5, 5.41) is 8.14. The van der Waals surface area contributed by atoms with Crippen molar-refractivity contribution in [2.45, 2.75) is 101 Å². The standard InChI is InChI=1S/C30H41N5O3/c1-2-18-38-25-16-14-22(15-17-25)26-19-27-28(20-36)35(24-12-8-9-13-24)30(31,21-34(27)33-26)29(37)32-23-10-6-4-3-5-7-11-23/h2,14-17,19-20,23-24,28H,1,3-13,18,21,31H2,(H,32,37). The lowest BCUT2D eigenvalue weighted by molar-refractivity contribution is -0.145. The predicted octanol–water partition coefficient (Wildman–Crippen LogP) is 4.50. The zero-order valence-corrected chi connectivity index (χ0v) is 22.3. The number of nitrogens with two attached hydrogens (primary N) is 1. The Morgan fingerprint density at radius 3 is 2.39 bits per heavy atom. The molecule has 0 bridgehead atoms. The van der Waals surface area contributed by atoms with Crippen LogP contribution in [0.25, 0.3) is 11.3 Å². The molecule has 0 radical (unpaired) electrons. The normalized spacial score (nSPS) is 25.2. The van der Waals surface area contributed by atoms with Gasteiger partial charge < -0.3 is 20.6 Å². The molecule has 8 nitrogen and oxygen atoms in total. The van der Waals surface area contributed by atoms with Crippen LogP contribution < -0.4 is 15.8 Å². The van der Waals surface area contributed by atoms with Crippen molar-refractivity contribution in [1.82, 2.24) is 20.0 Å². The van der Waals surface area contributed by atoms with Gasteiger partial charge in [0, 0.05) is 17.6 Å². The number of carbonyl (C=O) groups is 2. The number of ether oxygens (including phenoxy) is 1. The molecule has 2 atom stereocenters. The molecule has 0 spiro atoms. The summed E-state index contributed by atoms with van der Waals surface area (Å²) in [6.07, 6.45) is 14.6. The van der Waals surface area contributed by atoms with Crippen LogP contribution in [0.1, 0.15) is 82.4 Å². The molecule has 2 aromatic rings. The molecule has 2 aliphatic carbocycles. The maximum Gasteiger partial charge on any atom is 0.257 e. The van der Waals surface area contributed by atoms with Gasteiger partial charge in [-0.05, 0) is 56.0 Å². The fourth-order valence-electron chi connectivity index (χ4n) is 6.49. The SMILES string of the molecule is C=CCOc1ccc(-c2cc3n(n2)CC(N)(C(=O)NC2CCCCCCC2)N(C2CCCC2)C3C=O)cc1. The minimum absolute atomic E-state index is 0.0895. The number of nitrogens with one attached hydrogen (secondary N) is 1. The molecule has 3 N–H and O–H groups in total. The number of hydrogen-bond donors (Lipinski definition) is 2. The van der Waals surface area contributed by atoms with E-state index in [-0.39, 0.29) is 24.5 Å². The number of aromatic nitrogens is 2. The molecular weight excluding hydrogens is 478 g/mol. The van der Waals surface area contributed by atoms with E-state index in [4.69, 9.17) is 15.6 Å². The second kappa shape index (κ2) is 11.8. The molecule has 8 heteroatoms. The second-order valence-electron chi connectivity index (χ2n) is 11.1. The summed E-state index contributed by atoms with van der Waals surface area (Å²) in [6.45, 7) is 4.34. The van der Waals surface area contributed by atoms with Gasteiger partial charge in [-0.15, -0.1) is 0 Å². The Balaban J connectivity index is 1.45. The summed E-state index contributed by atoms with van der Waals surface area (Å²) in [6, 6.07) is 9.25. The van der Waals surface area contributed by atoms with Crippen LogP contribution in [0.2, 0.25) is 0 Å². The van der Waals surface area contributed by atoms with Gasteiger partial charge in [-0.1, -0.05) is 57.6 Å². The number of aldehydes is 1. The van der Waals surface area contributed by atoms with Gasteiger partial charge >= 0.3 is 0 Å². The van der Waals surface area contributed by atoms with Crippen LogP contribution >= 0.6 is 0 Å². The number of benzene rings is 1. The first-order valence-corrected chi connectivity index (χ1v) is 14.3. The molecule has 2 heterocycles. The average molecular weight is 520 g/mol. The first-order chi connectivity index (χ1) is 18.5. The Labute approximate surface area is 225 Å². The van der Waals surface area contributed by atoms with Crippen LogP contribution in [0.15, 0.2) is 43.0 Å². The summed E-state index contributed by atoms with van der Waals surface area (Å²) in [5.41, 5.74) is 8.18. The van der Waals surface area contributed by atoms with Crippen molar-refractivity contribution >= 4 is 12.2 Å². The van der Waals surface area contributed by atoms with Crippen LogP contribution in [0.3, 0.4) is 0 Å². The van der Waals surface area contributed by atoms with Crippen molar-refractivity contribution < 1.29 is 14.3 Å². The van der Waals surface area contributed by atoms with E-state index in [1.807, 2.05) is 35.2 Å². The van der Waals surface area contributed by atoms with Crippen LogP contribution in [-0.4, -0.2) is 51.2 Å². The molecule has 38 heavy (non-hydrogen) atoms. The summed E-state index contributed by atoms with van der Waals surface area (Å²) in [5.74, 6) is 0.566. The molecule has 1 amide bonds. The highest BCUT2D eigenvalue weighted by Gasteiger charge is 2.52. The molecule has 5 rings (SSSR count). The minimum Gasteiger partial charge on any atom is -0.490 e. The third kappa shape index (κ3) is 5.43. The molecule has 2 fully saturated rings. The average Bonchev–Trinajstić information content (AvgIpc) is 3.58. The van der Waals surface area contributed by atoms with E-state index in [2.05, 4.69) is 11.9 Å². The van der Waals surface area contributed by atoms with Gasteiger partial charge in [0.2, 0.25) is 0 Å². The van der Waals surface area contributed by atoms with Crippen molar-refractivity contribution in [1.29, 1.82) is 0 Å². The van der Waals surface area contributed by atoms with Gasteiger partial charge in [0.1, 0.15) is 24.7 Å². The van der Waals surface area contributed by atoms with Gasteiger partial charge in [0.25, 0.3) is 5.91 Å². The first-order valence-electron chi connectivity index (χ1n) is 14.3. The summed E-state index contributed by atoms with van der Waals surface area (Å²) in [7, 11) is 0. The summed E-state index contributed by atoms with van der Waals surface area (Å²) >= 11 is 0. The maximum atomic E-state index is 14.0. The molecule has 0 saturated heterocycles. The second-order valence-corrected chi connectivity index (χ2v) is 11.1. The predicted molar refractivity (Wildman–Crippen MR) is 147 cm³/mol. The van der Waals surface area contributed by atoms with Gasteiger partial charge in [0.15, 0.2) is 5.66 Å². The number of amides is 1. The summed E-state index contributed by atoms with van der Waals surface area (Å²) in [4.78, 5) is 28.7. The highest BCUT2D eigenvalue weighted by atomic mass is 16.5. The quantitative estimate of drug-likeness (QED) is 0.393. The zero-order chi connectivity index (χ0) is 26.5. The van der Waals surface area contributed by atoms with E-state index in [1.54, 1.807) is 10.8 Å². The molecule has 2 unspecified atom stereocenters. The van der Waals surface area contributed by atoms with Crippen molar-refractivity contribution in [2.24, 2.45) is 5.73 Å². The Hall–Kier alpha value is -2.97. The van der Waals surface area contributed by atoms with E-state index in [9.17, 15) is 9.59 Å². The van der Waals surface area contributed by atoms with Crippen molar-refractivity contribution in [3.63, 3.8) is 0 Å². The van der Waals surface area contributed by atoms with Crippen LogP contribution in [0, 0.1) is 0 Å². The lowest BCUT2D eigenvalue weighted by Crippen LogP contribution is -2.72. The monoisotopic (exact) mass is 519 g/mol. The molecule has 3 aliphatic rings. The highest BCUT2D eigenvalue weighted by molar-refractivity contribution is 5.87. The van der Waals surface area contributed by atoms with Gasteiger partial charge in [-0.2, -0.15) is 5.10 Å². The third-order valence-electron chi connectivity index (χ3n) is 8.46. The molecule has 1 aromatic carbocycles. The van der Waals surface area contributed by atoms with E-state index in [1.165, 1.54) is 19.3 Å². The Morgan fingerprint density at radius 2 is 1.74 bits per heavy atom. The Morgan fingerprint density at radius 1 is 1.08 bits per heavy atom. The first kappa shape index (κ1) is 26.6. The third-order valence-corrected chi connectivity index (χ3v) is 8.46. The molecule has 1 aromatic heterocycles. The van der Waals surface area contributed by atoms with Crippen molar-refractivity contribution in [2.75, 3.05) is 6.61 Å². The fraction of sp³-hybridized carbons (Fsp3) is 0.567. The number of fused-ring (bicyclic) bond motifs is 1.